The highest BCUT2D eigenvalue weighted by Crippen LogP contribution is 2.11. The van der Waals surface area contributed by atoms with E-state index >= 15 is 0 Å². The molecule has 2 heterocycles. The van der Waals surface area contributed by atoms with Gasteiger partial charge in [0.05, 0.1) is 12.2 Å². The van der Waals surface area contributed by atoms with Crippen molar-refractivity contribution in [3.8, 4) is 0 Å². The fraction of sp³-hybridized carbons (Fsp3) is 0.111. The van der Waals surface area contributed by atoms with Crippen molar-refractivity contribution >= 4 is 17.5 Å². The van der Waals surface area contributed by atoms with E-state index in [1.165, 1.54) is 0 Å². The zero-order valence-corrected chi connectivity index (χ0v) is 13.2. The average Bonchev–Trinajstić information content (AvgIpc) is 2.63. The van der Waals surface area contributed by atoms with Crippen molar-refractivity contribution in [2.75, 3.05) is 10.6 Å². The van der Waals surface area contributed by atoms with Gasteiger partial charge in [0, 0.05) is 18.1 Å². The number of carbonyl (C=O) groups excluding carboxylic acids is 1. The first kappa shape index (κ1) is 15.6. The van der Waals surface area contributed by atoms with Crippen molar-refractivity contribution in [3.05, 3.63) is 77.9 Å². The molecule has 3 rings (SSSR count). The van der Waals surface area contributed by atoms with Crippen LogP contribution >= 0.6 is 0 Å². The van der Waals surface area contributed by atoms with Crippen molar-refractivity contribution in [1.82, 2.24) is 15.0 Å². The minimum Gasteiger partial charge on any atom is -0.349 e. The van der Waals surface area contributed by atoms with Crippen LogP contribution in [0.2, 0.25) is 0 Å². The Morgan fingerprint density at radius 1 is 1.00 bits per heavy atom. The summed E-state index contributed by atoms with van der Waals surface area (Å²) in [5.41, 5.74) is 3.04. The lowest BCUT2D eigenvalue weighted by Gasteiger charge is -2.07. The SMILES string of the molecule is Cc1ccc(NC(=O)c2ccnc(NCc3ccccn3)n2)cc1. The van der Waals surface area contributed by atoms with Gasteiger partial charge in [0.2, 0.25) is 5.95 Å². The predicted molar refractivity (Wildman–Crippen MR) is 92.7 cm³/mol. The lowest BCUT2D eigenvalue weighted by atomic mass is 10.2. The molecule has 120 valence electrons. The molecule has 0 unspecified atom stereocenters. The van der Waals surface area contributed by atoms with E-state index in [9.17, 15) is 4.79 Å². The summed E-state index contributed by atoms with van der Waals surface area (Å²) in [6.07, 6.45) is 3.28. The van der Waals surface area contributed by atoms with Crippen molar-refractivity contribution in [2.45, 2.75) is 13.5 Å². The second-order valence-electron chi connectivity index (χ2n) is 5.26. The Bertz CT molecular complexity index is 818. The van der Waals surface area contributed by atoms with Crippen molar-refractivity contribution in [2.24, 2.45) is 0 Å². The Labute approximate surface area is 140 Å². The van der Waals surface area contributed by atoms with E-state index in [0.29, 0.717) is 18.2 Å². The lowest BCUT2D eigenvalue weighted by molar-refractivity contribution is 0.102. The number of amides is 1. The molecule has 1 aromatic carbocycles. The molecule has 0 spiro atoms. The Morgan fingerprint density at radius 3 is 2.58 bits per heavy atom. The number of aryl methyl sites for hydroxylation is 1. The summed E-state index contributed by atoms with van der Waals surface area (Å²) in [6.45, 7) is 2.49. The first-order valence-corrected chi connectivity index (χ1v) is 7.55. The molecule has 24 heavy (non-hydrogen) atoms. The van der Waals surface area contributed by atoms with Crippen LogP contribution in [0.25, 0.3) is 0 Å². The molecule has 2 N–H and O–H groups in total. The maximum atomic E-state index is 12.3. The van der Waals surface area contributed by atoms with Crippen molar-refractivity contribution < 1.29 is 4.79 Å². The number of anilines is 2. The summed E-state index contributed by atoms with van der Waals surface area (Å²) in [5, 5.41) is 5.88. The van der Waals surface area contributed by atoms with E-state index in [0.717, 1.165) is 16.9 Å². The van der Waals surface area contributed by atoms with E-state index in [2.05, 4.69) is 25.6 Å². The summed E-state index contributed by atoms with van der Waals surface area (Å²) in [6, 6.07) is 14.8. The minimum atomic E-state index is -0.276. The molecule has 0 aliphatic heterocycles. The van der Waals surface area contributed by atoms with Crippen LogP contribution in [0, 0.1) is 6.92 Å². The Kier molecular flexibility index (Phi) is 4.76. The van der Waals surface area contributed by atoms with Crippen LogP contribution in [0.5, 0.6) is 0 Å². The van der Waals surface area contributed by atoms with Gasteiger partial charge in [0.15, 0.2) is 0 Å². The highest BCUT2D eigenvalue weighted by atomic mass is 16.1. The fourth-order valence-corrected chi connectivity index (χ4v) is 2.07. The zero-order valence-electron chi connectivity index (χ0n) is 13.2. The molecule has 0 atom stereocenters. The number of benzene rings is 1. The van der Waals surface area contributed by atoms with Crippen LogP contribution in [-0.4, -0.2) is 20.9 Å². The Morgan fingerprint density at radius 2 is 1.83 bits per heavy atom. The smallest absolute Gasteiger partial charge is 0.274 e. The standard InChI is InChI=1S/C18H17N5O/c1-13-5-7-14(8-6-13)22-17(24)16-9-11-20-18(23-16)21-12-15-4-2-3-10-19-15/h2-11H,12H2,1H3,(H,22,24)(H,20,21,23). The number of nitrogens with zero attached hydrogens (tertiary/aromatic N) is 3. The molecule has 1 amide bonds. The summed E-state index contributed by atoms with van der Waals surface area (Å²) in [4.78, 5) is 24.9. The molecule has 0 saturated carbocycles. The van der Waals surface area contributed by atoms with Crippen LogP contribution < -0.4 is 10.6 Å². The van der Waals surface area contributed by atoms with Crippen LogP contribution in [0.15, 0.2) is 60.9 Å². The van der Waals surface area contributed by atoms with Crippen LogP contribution in [0.3, 0.4) is 0 Å². The topological polar surface area (TPSA) is 79.8 Å². The molecule has 3 aromatic rings. The quantitative estimate of drug-likeness (QED) is 0.755. The van der Waals surface area contributed by atoms with Gasteiger partial charge in [-0.3, -0.25) is 9.78 Å². The number of hydrogen-bond donors (Lipinski definition) is 2. The van der Waals surface area contributed by atoms with Gasteiger partial charge in [-0.2, -0.15) is 0 Å². The second-order valence-corrected chi connectivity index (χ2v) is 5.26. The Hall–Kier alpha value is -3.28. The van der Waals surface area contributed by atoms with Crippen LogP contribution in [-0.2, 0) is 6.54 Å². The molecule has 6 nitrogen and oxygen atoms in total. The lowest BCUT2D eigenvalue weighted by Crippen LogP contribution is -2.15. The third kappa shape index (κ3) is 4.13. The molecule has 0 bridgehead atoms. The van der Waals surface area contributed by atoms with E-state index in [-0.39, 0.29) is 5.91 Å². The van der Waals surface area contributed by atoms with E-state index in [1.54, 1.807) is 18.5 Å². The molecule has 0 radical (unpaired) electrons. The third-order valence-corrected chi connectivity index (χ3v) is 3.35. The van der Waals surface area contributed by atoms with Gasteiger partial charge in [-0.25, -0.2) is 9.97 Å². The molecular formula is C18H17N5O. The summed E-state index contributed by atoms with van der Waals surface area (Å²) in [7, 11) is 0. The minimum absolute atomic E-state index is 0.276. The molecule has 2 aromatic heterocycles. The number of carbonyl (C=O) groups is 1. The van der Waals surface area contributed by atoms with Gasteiger partial charge in [-0.15, -0.1) is 0 Å². The largest absolute Gasteiger partial charge is 0.349 e. The second kappa shape index (κ2) is 7.32. The third-order valence-electron chi connectivity index (χ3n) is 3.35. The zero-order chi connectivity index (χ0) is 16.8. The number of pyridine rings is 1. The van der Waals surface area contributed by atoms with Gasteiger partial charge >= 0.3 is 0 Å². The maximum absolute atomic E-state index is 12.3. The Balaban J connectivity index is 1.65. The average molecular weight is 319 g/mol. The summed E-state index contributed by atoms with van der Waals surface area (Å²) < 4.78 is 0. The fourth-order valence-electron chi connectivity index (χ4n) is 2.07. The highest BCUT2D eigenvalue weighted by Gasteiger charge is 2.09. The van der Waals surface area contributed by atoms with Gasteiger partial charge in [0.1, 0.15) is 5.69 Å². The molecular weight excluding hydrogens is 302 g/mol. The van der Waals surface area contributed by atoms with Gasteiger partial charge < -0.3 is 10.6 Å². The normalized spacial score (nSPS) is 10.2. The number of hydrogen-bond acceptors (Lipinski definition) is 5. The van der Waals surface area contributed by atoms with E-state index in [1.807, 2.05) is 49.4 Å². The van der Waals surface area contributed by atoms with Gasteiger partial charge in [-0.1, -0.05) is 23.8 Å². The predicted octanol–water partition coefficient (Wildman–Crippen LogP) is 3.04. The van der Waals surface area contributed by atoms with E-state index < -0.39 is 0 Å². The molecule has 0 fully saturated rings. The van der Waals surface area contributed by atoms with E-state index in [4.69, 9.17) is 0 Å². The molecule has 6 heteroatoms. The molecule has 0 saturated heterocycles. The van der Waals surface area contributed by atoms with Crippen molar-refractivity contribution in [3.63, 3.8) is 0 Å². The highest BCUT2D eigenvalue weighted by molar-refractivity contribution is 6.02. The molecule has 0 aliphatic carbocycles. The van der Waals surface area contributed by atoms with Crippen LogP contribution in [0.1, 0.15) is 21.7 Å². The number of nitrogens with one attached hydrogen (secondary N) is 2. The van der Waals surface area contributed by atoms with Gasteiger partial charge in [0.25, 0.3) is 5.91 Å². The number of aromatic nitrogens is 3. The van der Waals surface area contributed by atoms with Crippen LogP contribution in [0.4, 0.5) is 11.6 Å². The maximum Gasteiger partial charge on any atom is 0.274 e. The van der Waals surface area contributed by atoms with Crippen molar-refractivity contribution in [1.29, 1.82) is 0 Å². The summed E-state index contributed by atoms with van der Waals surface area (Å²) >= 11 is 0. The first-order chi connectivity index (χ1) is 11.7. The summed E-state index contributed by atoms with van der Waals surface area (Å²) in [5.74, 6) is 0.111. The number of rotatable bonds is 5. The first-order valence-electron chi connectivity index (χ1n) is 7.55. The van der Waals surface area contributed by atoms with Gasteiger partial charge in [-0.05, 0) is 37.3 Å². The molecule has 0 aliphatic rings. The monoisotopic (exact) mass is 319 g/mol.